The van der Waals surface area contributed by atoms with Crippen molar-refractivity contribution in [3.8, 4) is 5.75 Å². The molecule has 2 heterocycles. The molecule has 1 amide bonds. The Morgan fingerprint density at radius 2 is 1.88 bits per heavy atom. The number of carbonyl (C=O) groups is 1. The number of aromatic nitrogens is 2. The summed E-state index contributed by atoms with van der Waals surface area (Å²) in [4.78, 5) is 26.0. The number of hydrogen-bond acceptors (Lipinski definition) is 5. The molecule has 0 N–H and O–H groups in total. The number of carbonyl (C=O) groups excluding carboxylic acids is 1. The average molecular weight is 354 g/mol. The van der Waals surface area contributed by atoms with Crippen molar-refractivity contribution in [2.24, 2.45) is 0 Å². The van der Waals surface area contributed by atoms with Gasteiger partial charge in [-0.3, -0.25) is 4.79 Å². The Balaban J connectivity index is 1.67. The molecule has 6 nitrogen and oxygen atoms in total. The van der Waals surface area contributed by atoms with E-state index in [1.165, 1.54) is 0 Å². The first-order valence-corrected chi connectivity index (χ1v) is 9.19. The van der Waals surface area contributed by atoms with Crippen LogP contribution in [-0.4, -0.2) is 53.6 Å². The number of amides is 1. The molecule has 3 rings (SSSR count). The van der Waals surface area contributed by atoms with E-state index in [-0.39, 0.29) is 5.91 Å². The van der Waals surface area contributed by atoms with Gasteiger partial charge in [-0.15, -0.1) is 0 Å². The van der Waals surface area contributed by atoms with Crippen molar-refractivity contribution in [1.29, 1.82) is 0 Å². The molecule has 1 aromatic heterocycles. The zero-order valence-corrected chi connectivity index (χ0v) is 15.7. The number of ether oxygens (including phenoxy) is 1. The topological polar surface area (TPSA) is 58.6 Å². The fraction of sp³-hybridized carbons (Fsp3) is 0.450. The molecule has 0 atom stereocenters. The lowest BCUT2D eigenvalue weighted by molar-refractivity contribution is 0.0742. The number of piperazine rings is 1. The first-order chi connectivity index (χ1) is 12.6. The molecule has 1 aliphatic rings. The second kappa shape index (κ2) is 8.17. The van der Waals surface area contributed by atoms with Gasteiger partial charge in [-0.1, -0.05) is 26.0 Å². The van der Waals surface area contributed by atoms with Crippen LogP contribution < -0.4 is 9.64 Å². The lowest BCUT2D eigenvalue weighted by Crippen LogP contribution is -2.49. The van der Waals surface area contributed by atoms with E-state index in [2.05, 4.69) is 28.7 Å². The standard InChI is InChI=1S/C20H26N4O2/c1-4-26-17-8-6-5-7-16(17)20(25)24-13-11-23(12-14-24)18-9-10-21-19(22-18)15(2)3/h5-10,15H,4,11-14H2,1-3H3. The molecule has 0 aliphatic carbocycles. The average Bonchev–Trinajstić information content (AvgIpc) is 2.68. The maximum atomic E-state index is 12.9. The van der Waals surface area contributed by atoms with Crippen LogP contribution in [0, 0.1) is 0 Å². The summed E-state index contributed by atoms with van der Waals surface area (Å²) >= 11 is 0. The van der Waals surface area contributed by atoms with Crippen LogP contribution in [0.2, 0.25) is 0 Å². The minimum atomic E-state index is 0.0271. The SMILES string of the molecule is CCOc1ccccc1C(=O)N1CCN(c2ccnc(C(C)C)n2)CC1. The fourth-order valence-corrected chi connectivity index (χ4v) is 3.05. The summed E-state index contributed by atoms with van der Waals surface area (Å²) in [6.45, 7) is 9.50. The second-order valence-electron chi connectivity index (χ2n) is 6.64. The molecule has 0 unspecified atom stereocenters. The van der Waals surface area contributed by atoms with E-state index in [0.717, 1.165) is 24.7 Å². The Labute approximate surface area is 154 Å². The van der Waals surface area contributed by atoms with E-state index in [1.54, 1.807) is 0 Å². The lowest BCUT2D eigenvalue weighted by Gasteiger charge is -2.35. The summed E-state index contributed by atoms with van der Waals surface area (Å²) in [6, 6.07) is 9.38. The Morgan fingerprint density at radius 3 is 2.58 bits per heavy atom. The quantitative estimate of drug-likeness (QED) is 0.826. The van der Waals surface area contributed by atoms with Crippen molar-refractivity contribution in [3.05, 3.63) is 47.9 Å². The Kier molecular flexibility index (Phi) is 5.71. The lowest BCUT2D eigenvalue weighted by atomic mass is 10.1. The number of hydrogen-bond donors (Lipinski definition) is 0. The maximum Gasteiger partial charge on any atom is 0.257 e. The summed E-state index contributed by atoms with van der Waals surface area (Å²) in [7, 11) is 0. The molecule has 1 aromatic carbocycles. The number of rotatable bonds is 5. The maximum absolute atomic E-state index is 12.9. The zero-order chi connectivity index (χ0) is 18.5. The van der Waals surface area contributed by atoms with E-state index in [4.69, 9.17) is 4.74 Å². The van der Waals surface area contributed by atoms with Gasteiger partial charge in [0, 0.05) is 38.3 Å². The summed E-state index contributed by atoms with van der Waals surface area (Å²) in [5, 5.41) is 0. The van der Waals surface area contributed by atoms with Crippen LogP contribution in [0.1, 0.15) is 42.9 Å². The summed E-state index contributed by atoms with van der Waals surface area (Å²) in [5.41, 5.74) is 0.631. The van der Waals surface area contributed by atoms with Gasteiger partial charge in [0.1, 0.15) is 17.4 Å². The van der Waals surface area contributed by atoms with E-state index < -0.39 is 0 Å². The molecule has 0 radical (unpaired) electrons. The minimum absolute atomic E-state index is 0.0271. The van der Waals surface area contributed by atoms with Crippen LogP contribution in [0.3, 0.4) is 0 Å². The van der Waals surface area contributed by atoms with Crippen LogP contribution in [0.25, 0.3) is 0 Å². The summed E-state index contributed by atoms with van der Waals surface area (Å²) in [6.07, 6.45) is 1.81. The van der Waals surface area contributed by atoms with Crippen LogP contribution in [0.5, 0.6) is 5.75 Å². The predicted molar refractivity (Wildman–Crippen MR) is 102 cm³/mol. The van der Waals surface area contributed by atoms with E-state index in [0.29, 0.717) is 36.9 Å². The van der Waals surface area contributed by atoms with Gasteiger partial charge >= 0.3 is 0 Å². The summed E-state index contributed by atoms with van der Waals surface area (Å²) < 4.78 is 5.60. The molecule has 0 bridgehead atoms. The van der Waals surface area contributed by atoms with Gasteiger partial charge in [-0.25, -0.2) is 9.97 Å². The fourth-order valence-electron chi connectivity index (χ4n) is 3.05. The Morgan fingerprint density at radius 1 is 1.15 bits per heavy atom. The highest BCUT2D eigenvalue weighted by molar-refractivity contribution is 5.97. The van der Waals surface area contributed by atoms with Gasteiger partial charge in [-0.05, 0) is 25.1 Å². The van der Waals surface area contributed by atoms with Crippen molar-refractivity contribution in [2.75, 3.05) is 37.7 Å². The first-order valence-electron chi connectivity index (χ1n) is 9.19. The number of para-hydroxylation sites is 1. The minimum Gasteiger partial charge on any atom is -0.493 e. The van der Waals surface area contributed by atoms with Gasteiger partial charge in [0.05, 0.1) is 12.2 Å². The third-order valence-electron chi connectivity index (χ3n) is 4.48. The molecule has 1 aliphatic heterocycles. The number of benzene rings is 1. The van der Waals surface area contributed by atoms with Crippen molar-refractivity contribution in [3.63, 3.8) is 0 Å². The molecule has 138 valence electrons. The molecule has 2 aromatic rings. The van der Waals surface area contributed by atoms with Crippen LogP contribution in [-0.2, 0) is 0 Å². The molecule has 1 fully saturated rings. The third kappa shape index (κ3) is 3.95. The monoisotopic (exact) mass is 354 g/mol. The summed E-state index contributed by atoms with van der Waals surface area (Å²) in [5.74, 6) is 2.77. The van der Waals surface area contributed by atoms with E-state index in [9.17, 15) is 4.79 Å². The number of anilines is 1. The third-order valence-corrected chi connectivity index (χ3v) is 4.48. The van der Waals surface area contributed by atoms with Crippen LogP contribution >= 0.6 is 0 Å². The van der Waals surface area contributed by atoms with Crippen LogP contribution in [0.4, 0.5) is 5.82 Å². The van der Waals surface area contributed by atoms with Crippen molar-refractivity contribution >= 4 is 11.7 Å². The van der Waals surface area contributed by atoms with E-state index >= 15 is 0 Å². The van der Waals surface area contributed by atoms with Crippen molar-refractivity contribution < 1.29 is 9.53 Å². The van der Waals surface area contributed by atoms with Crippen LogP contribution in [0.15, 0.2) is 36.5 Å². The second-order valence-corrected chi connectivity index (χ2v) is 6.64. The zero-order valence-electron chi connectivity index (χ0n) is 15.7. The Hall–Kier alpha value is -2.63. The molecular weight excluding hydrogens is 328 g/mol. The molecular formula is C20H26N4O2. The highest BCUT2D eigenvalue weighted by Gasteiger charge is 2.25. The van der Waals surface area contributed by atoms with Gasteiger partial charge in [0.15, 0.2) is 0 Å². The Bertz CT molecular complexity index is 755. The van der Waals surface area contributed by atoms with Crippen molar-refractivity contribution in [1.82, 2.24) is 14.9 Å². The first kappa shape index (κ1) is 18.2. The van der Waals surface area contributed by atoms with E-state index in [1.807, 2.05) is 48.4 Å². The smallest absolute Gasteiger partial charge is 0.257 e. The largest absolute Gasteiger partial charge is 0.493 e. The van der Waals surface area contributed by atoms with Gasteiger partial charge in [0.2, 0.25) is 0 Å². The molecule has 6 heteroatoms. The van der Waals surface area contributed by atoms with Crippen molar-refractivity contribution in [2.45, 2.75) is 26.7 Å². The molecule has 26 heavy (non-hydrogen) atoms. The van der Waals surface area contributed by atoms with Gasteiger partial charge in [0.25, 0.3) is 5.91 Å². The normalized spacial score (nSPS) is 14.6. The molecule has 0 spiro atoms. The molecule has 0 saturated carbocycles. The molecule has 1 saturated heterocycles. The predicted octanol–water partition coefficient (Wildman–Crippen LogP) is 2.96. The highest BCUT2D eigenvalue weighted by Crippen LogP contribution is 2.22. The van der Waals surface area contributed by atoms with Gasteiger partial charge < -0.3 is 14.5 Å². The number of nitrogens with zero attached hydrogens (tertiary/aromatic N) is 4. The highest BCUT2D eigenvalue weighted by atomic mass is 16.5. The van der Waals surface area contributed by atoms with Gasteiger partial charge in [-0.2, -0.15) is 0 Å².